The molecule has 4 heteroatoms. The van der Waals surface area contributed by atoms with Gasteiger partial charge in [0.1, 0.15) is 12.4 Å². The summed E-state index contributed by atoms with van der Waals surface area (Å²) in [7, 11) is 0. The van der Waals surface area contributed by atoms with Gasteiger partial charge in [-0.25, -0.2) is 0 Å². The van der Waals surface area contributed by atoms with Crippen molar-refractivity contribution in [3.05, 3.63) is 70.9 Å². The van der Waals surface area contributed by atoms with Gasteiger partial charge >= 0.3 is 0 Å². The normalized spacial score (nSPS) is 10.8. The Morgan fingerprint density at radius 1 is 1.10 bits per heavy atom. The van der Waals surface area contributed by atoms with Crippen molar-refractivity contribution in [2.45, 2.75) is 13.2 Å². The fraction of sp³-hybridized carbons (Fsp3) is 0.118. The summed E-state index contributed by atoms with van der Waals surface area (Å²) in [5.74, 6) is 0.535. The van der Waals surface area contributed by atoms with Crippen molar-refractivity contribution < 1.29 is 9.84 Å². The summed E-state index contributed by atoms with van der Waals surface area (Å²) in [5.41, 5.74) is 2.67. The number of para-hydroxylation sites is 1. The molecule has 0 aliphatic rings. The topological polar surface area (TPSA) is 42.4 Å². The lowest BCUT2D eigenvalue weighted by Crippen LogP contribution is -1.99. The summed E-state index contributed by atoms with van der Waals surface area (Å²) in [6.45, 7) is 0.291. The van der Waals surface area contributed by atoms with Crippen LogP contribution >= 0.6 is 11.6 Å². The second-order valence-electron chi connectivity index (χ2n) is 4.71. The van der Waals surface area contributed by atoms with Gasteiger partial charge in [0.25, 0.3) is 0 Å². The maximum absolute atomic E-state index is 9.33. The van der Waals surface area contributed by atoms with Crippen LogP contribution in [0.1, 0.15) is 11.1 Å². The molecule has 0 atom stereocenters. The van der Waals surface area contributed by atoms with E-state index in [1.165, 1.54) is 0 Å². The fourth-order valence-electron chi connectivity index (χ4n) is 2.21. The van der Waals surface area contributed by atoms with Gasteiger partial charge in [0, 0.05) is 17.1 Å². The number of aliphatic hydroxyl groups excluding tert-OH is 1. The molecule has 0 saturated carbocycles. The van der Waals surface area contributed by atoms with Gasteiger partial charge in [-0.3, -0.25) is 4.98 Å². The third-order valence-electron chi connectivity index (χ3n) is 3.27. The second kappa shape index (κ2) is 6.12. The highest BCUT2D eigenvalue weighted by molar-refractivity contribution is 6.32. The molecule has 1 heterocycles. The quantitative estimate of drug-likeness (QED) is 0.793. The van der Waals surface area contributed by atoms with Crippen LogP contribution in [0.25, 0.3) is 10.9 Å². The van der Waals surface area contributed by atoms with Crippen LogP contribution < -0.4 is 4.74 Å². The van der Waals surface area contributed by atoms with Crippen LogP contribution in [-0.4, -0.2) is 10.1 Å². The van der Waals surface area contributed by atoms with E-state index in [1.807, 2.05) is 30.3 Å². The lowest BCUT2D eigenvalue weighted by Gasteiger charge is -2.12. The van der Waals surface area contributed by atoms with Gasteiger partial charge in [-0.05, 0) is 29.8 Å². The molecule has 3 aromatic rings. The second-order valence-corrected chi connectivity index (χ2v) is 5.11. The highest BCUT2D eigenvalue weighted by Gasteiger charge is 2.08. The van der Waals surface area contributed by atoms with Gasteiger partial charge in [-0.15, -0.1) is 0 Å². The molecule has 0 unspecified atom stereocenters. The Balaban J connectivity index is 1.83. The number of hydrogen-bond donors (Lipinski definition) is 1. The largest absolute Gasteiger partial charge is 0.487 e. The van der Waals surface area contributed by atoms with E-state index in [2.05, 4.69) is 4.98 Å². The van der Waals surface area contributed by atoms with Crippen molar-refractivity contribution in [2.24, 2.45) is 0 Å². The number of pyridine rings is 1. The molecule has 106 valence electrons. The SMILES string of the molecule is OCc1cccc(Cl)c1OCc1ccc2ncccc2c1. The lowest BCUT2D eigenvalue weighted by molar-refractivity contribution is 0.259. The molecule has 0 fully saturated rings. The number of aliphatic hydroxyl groups is 1. The first-order valence-corrected chi connectivity index (χ1v) is 7.00. The Bertz CT molecular complexity index is 774. The third-order valence-corrected chi connectivity index (χ3v) is 3.57. The Labute approximate surface area is 127 Å². The summed E-state index contributed by atoms with van der Waals surface area (Å²) in [6, 6.07) is 15.2. The van der Waals surface area contributed by atoms with Crippen LogP contribution in [0.3, 0.4) is 0 Å². The van der Waals surface area contributed by atoms with Crippen LogP contribution in [0.15, 0.2) is 54.7 Å². The molecule has 21 heavy (non-hydrogen) atoms. The molecule has 0 aliphatic heterocycles. The summed E-state index contributed by atoms with van der Waals surface area (Å²) in [6.07, 6.45) is 1.77. The van der Waals surface area contributed by atoms with E-state index >= 15 is 0 Å². The number of halogens is 1. The van der Waals surface area contributed by atoms with Crippen LogP contribution in [0.5, 0.6) is 5.75 Å². The zero-order chi connectivity index (χ0) is 14.7. The van der Waals surface area contributed by atoms with Gasteiger partial charge in [-0.1, -0.05) is 35.9 Å². The molecular formula is C17H14ClNO2. The van der Waals surface area contributed by atoms with Crippen LogP contribution in [0, 0.1) is 0 Å². The highest BCUT2D eigenvalue weighted by Crippen LogP contribution is 2.29. The van der Waals surface area contributed by atoms with Crippen molar-refractivity contribution >= 4 is 22.5 Å². The molecule has 2 aromatic carbocycles. The minimum absolute atomic E-state index is 0.0997. The average molecular weight is 300 g/mol. The smallest absolute Gasteiger partial charge is 0.143 e. The number of hydrogen-bond acceptors (Lipinski definition) is 3. The molecule has 1 aromatic heterocycles. The molecule has 3 rings (SSSR count). The van der Waals surface area contributed by atoms with Crippen LogP contribution in [0.4, 0.5) is 0 Å². The summed E-state index contributed by atoms with van der Waals surface area (Å²) >= 11 is 6.12. The van der Waals surface area contributed by atoms with E-state index in [0.29, 0.717) is 22.9 Å². The zero-order valence-electron chi connectivity index (χ0n) is 11.3. The van der Waals surface area contributed by atoms with E-state index in [-0.39, 0.29) is 6.61 Å². The lowest BCUT2D eigenvalue weighted by atomic mass is 10.1. The number of nitrogens with zero attached hydrogens (tertiary/aromatic N) is 1. The van der Waals surface area contributed by atoms with Crippen LogP contribution in [0.2, 0.25) is 5.02 Å². The molecular weight excluding hydrogens is 286 g/mol. The average Bonchev–Trinajstić information content (AvgIpc) is 2.53. The number of rotatable bonds is 4. The molecule has 0 bridgehead atoms. The van der Waals surface area contributed by atoms with E-state index in [1.54, 1.807) is 24.4 Å². The van der Waals surface area contributed by atoms with Gasteiger partial charge in [0.05, 0.1) is 17.1 Å². The van der Waals surface area contributed by atoms with Gasteiger partial charge in [0.15, 0.2) is 0 Å². The highest BCUT2D eigenvalue weighted by atomic mass is 35.5. The molecule has 0 spiro atoms. The van der Waals surface area contributed by atoms with Crippen molar-refractivity contribution in [1.29, 1.82) is 0 Å². The van der Waals surface area contributed by atoms with E-state index in [9.17, 15) is 5.11 Å². The van der Waals surface area contributed by atoms with Crippen molar-refractivity contribution in [3.8, 4) is 5.75 Å². The third kappa shape index (κ3) is 2.99. The minimum atomic E-state index is -0.0997. The molecule has 3 nitrogen and oxygen atoms in total. The van der Waals surface area contributed by atoms with E-state index < -0.39 is 0 Å². The number of fused-ring (bicyclic) bond motifs is 1. The first-order valence-electron chi connectivity index (χ1n) is 6.62. The molecule has 0 saturated heterocycles. The van der Waals surface area contributed by atoms with E-state index in [0.717, 1.165) is 16.5 Å². The van der Waals surface area contributed by atoms with Gasteiger partial charge < -0.3 is 9.84 Å². The van der Waals surface area contributed by atoms with Crippen molar-refractivity contribution in [1.82, 2.24) is 4.98 Å². The molecule has 0 aliphatic carbocycles. The first-order chi connectivity index (χ1) is 10.3. The Hall–Kier alpha value is -2.10. The minimum Gasteiger partial charge on any atom is -0.487 e. The maximum atomic E-state index is 9.33. The summed E-state index contributed by atoms with van der Waals surface area (Å²) in [4.78, 5) is 4.29. The molecule has 0 radical (unpaired) electrons. The number of benzene rings is 2. The number of aromatic nitrogens is 1. The first kappa shape index (κ1) is 13.9. The van der Waals surface area contributed by atoms with Crippen LogP contribution in [-0.2, 0) is 13.2 Å². The van der Waals surface area contributed by atoms with Gasteiger partial charge in [-0.2, -0.15) is 0 Å². The predicted octanol–water partition coefficient (Wildman–Crippen LogP) is 3.96. The molecule has 1 N–H and O–H groups in total. The summed E-state index contributed by atoms with van der Waals surface area (Å²) in [5, 5.41) is 10.9. The monoisotopic (exact) mass is 299 g/mol. The number of ether oxygens (including phenoxy) is 1. The molecule has 0 amide bonds. The van der Waals surface area contributed by atoms with Crippen molar-refractivity contribution in [3.63, 3.8) is 0 Å². The summed E-state index contributed by atoms with van der Waals surface area (Å²) < 4.78 is 5.78. The zero-order valence-corrected chi connectivity index (χ0v) is 12.0. The maximum Gasteiger partial charge on any atom is 0.143 e. The van der Waals surface area contributed by atoms with Crippen molar-refractivity contribution in [2.75, 3.05) is 0 Å². The van der Waals surface area contributed by atoms with E-state index in [4.69, 9.17) is 16.3 Å². The predicted molar refractivity (Wildman–Crippen MR) is 83.4 cm³/mol. The standard InChI is InChI=1S/C17H14ClNO2/c18-15-5-1-3-14(10-20)17(15)21-11-12-6-7-16-13(9-12)4-2-8-19-16/h1-9,20H,10-11H2. The Morgan fingerprint density at radius 3 is 2.86 bits per heavy atom. The fourth-order valence-corrected chi connectivity index (χ4v) is 2.46. The Morgan fingerprint density at radius 2 is 2.00 bits per heavy atom. The Kier molecular flexibility index (Phi) is 4.04. The van der Waals surface area contributed by atoms with Gasteiger partial charge in [0.2, 0.25) is 0 Å².